The minimum atomic E-state index is -4.41. The highest BCUT2D eigenvalue weighted by Crippen LogP contribution is 2.17. The van der Waals surface area contributed by atoms with Crippen molar-refractivity contribution in [2.24, 2.45) is 5.73 Å². The van der Waals surface area contributed by atoms with Gasteiger partial charge in [0, 0.05) is 19.8 Å². The molecule has 4 nitrogen and oxygen atoms in total. The zero-order chi connectivity index (χ0) is 13.5. The number of hydrogen-bond acceptors (Lipinski definition) is 3. The molecule has 0 radical (unpaired) electrons. The minimum Gasteiger partial charge on any atom is -0.382 e. The smallest absolute Gasteiger partial charge is 0.382 e. The molecule has 0 rings (SSSR count). The highest BCUT2D eigenvalue weighted by atomic mass is 19.4. The van der Waals surface area contributed by atoms with Gasteiger partial charge in [0.25, 0.3) is 0 Å². The maximum Gasteiger partial charge on any atom is 0.406 e. The van der Waals surface area contributed by atoms with Crippen molar-refractivity contribution in [2.45, 2.75) is 32.5 Å². The number of amides is 1. The molecular formula is C10H19F3N2O2. The third kappa shape index (κ3) is 7.98. The van der Waals surface area contributed by atoms with Crippen LogP contribution in [0.4, 0.5) is 13.2 Å². The first kappa shape index (κ1) is 16.2. The fourth-order valence-electron chi connectivity index (χ4n) is 1.27. The highest BCUT2D eigenvalue weighted by molar-refractivity contribution is 5.81. The van der Waals surface area contributed by atoms with Crippen molar-refractivity contribution in [3.05, 3.63) is 0 Å². The third-order valence-electron chi connectivity index (χ3n) is 1.99. The lowest BCUT2D eigenvalue weighted by molar-refractivity contribution is -0.162. The molecule has 0 aliphatic rings. The second-order valence-corrected chi connectivity index (χ2v) is 3.71. The van der Waals surface area contributed by atoms with Gasteiger partial charge in [-0.1, -0.05) is 0 Å². The fraction of sp³-hybridized carbons (Fsp3) is 0.900. The van der Waals surface area contributed by atoms with Crippen LogP contribution in [-0.4, -0.2) is 49.3 Å². The normalized spacial score (nSPS) is 13.5. The molecule has 0 saturated heterocycles. The number of nitrogens with two attached hydrogens (primary N) is 1. The predicted molar refractivity (Wildman–Crippen MR) is 57.4 cm³/mol. The molecule has 0 aromatic heterocycles. The molecule has 0 aliphatic carbocycles. The van der Waals surface area contributed by atoms with Crippen LogP contribution >= 0.6 is 0 Å². The number of nitrogens with zero attached hydrogens (tertiary/aromatic N) is 1. The average molecular weight is 256 g/mol. The first-order chi connectivity index (χ1) is 7.78. The van der Waals surface area contributed by atoms with Gasteiger partial charge in [-0.3, -0.25) is 4.79 Å². The molecule has 17 heavy (non-hydrogen) atoms. The summed E-state index contributed by atoms with van der Waals surface area (Å²) < 4.78 is 41.7. The van der Waals surface area contributed by atoms with E-state index in [9.17, 15) is 18.0 Å². The van der Waals surface area contributed by atoms with E-state index in [4.69, 9.17) is 10.5 Å². The summed E-state index contributed by atoms with van der Waals surface area (Å²) in [6.45, 7) is 2.73. The lowest BCUT2D eigenvalue weighted by Gasteiger charge is -2.25. The van der Waals surface area contributed by atoms with Gasteiger partial charge < -0.3 is 15.4 Å². The Bertz CT molecular complexity index is 232. The van der Waals surface area contributed by atoms with Crippen LogP contribution in [0.15, 0.2) is 0 Å². The number of ether oxygens (including phenoxy) is 1. The van der Waals surface area contributed by atoms with Gasteiger partial charge in [0.1, 0.15) is 6.54 Å². The van der Waals surface area contributed by atoms with Crippen molar-refractivity contribution >= 4 is 5.91 Å². The largest absolute Gasteiger partial charge is 0.406 e. The summed E-state index contributed by atoms with van der Waals surface area (Å²) in [5, 5.41) is 0. The molecular weight excluding hydrogens is 237 g/mol. The van der Waals surface area contributed by atoms with Crippen molar-refractivity contribution in [2.75, 3.05) is 26.3 Å². The van der Waals surface area contributed by atoms with E-state index in [2.05, 4.69) is 0 Å². The van der Waals surface area contributed by atoms with Gasteiger partial charge in [-0.05, 0) is 20.3 Å². The second kappa shape index (κ2) is 7.50. The molecule has 7 heteroatoms. The number of rotatable bonds is 7. The van der Waals surface area contributed by atoms with Crippen molar-refractivity contribution in [3.8, 4) is 0 Å². The molecule has 0 aromatic rings. The number of carbonyl (C=O) groups is 1. The quantitative estimate of drug-likeness (QED) is 0.695. The maximum absolute atomic E-state index is 12.2. The zero-order valence-electron chi connectivity index (χ0n) is 10.1. The van der Waals surface area contributed by atoms with Gasteiger partial charge >= 0.3 is 6.18 Å². The molecule has 0 unspecified atom stereocenters. The number of hydrogen-bond donors (Lipinski definition) is 1. The lowest BCUT2D eigenvalue weighted by Crippen LogP contribution is -2.46. The number of alkyl halides is 3. The van der Waals surface area contributed by atoms with E-state index in [0.717, 1.165) is 4.90 Å². The molecule has 0 aliphatic heterocycles. The molecule has 102 valence electrons. The van der Waals surface area contributed by atoms with Crippen molar-refractivity contribution in [1.82, 2.24) is 4.90 Å². The van der Waals surface area contributed by atoms with E-state index >= 15 is 0 Å². The Morgan fingerprint density at radius 1 is 1.47 bits per heavy atom. The summed E-state index contributed by atoms with van der Waals surface area (Å²) in [4.78, 5) is 12.2. The van der Waals surface area contributed by atoms with Crippen LogP contribution in [0.1, 0.15) is 20.3 Å². The van der Waals surface area contributed by atoms with E-state index in [0.29, 0.717) is 19.6 Å². The summed E-state index contributed by atoms with van der Waals surface area (Å²) in [6, 6.07) is -0.926. The van der Waals surface area contributed by atoms with E-state index < -0.39 is 24.7 Å². The Hall–Kier alpha value is -0.820. The van der Waals surface area contributed by atoms with E-state index in [-0.39, 0.29) is 6.54 Å². The van der Waals surface area contributed by atoms with Crippen LogP contribution in [0, 0.1) is 0 Å². The van der Waals surface area contributed by atoms with Crippen LogP contribution in [0.5, 0.6) is 0 Å². The maximum atomic E-state index is 12.2. The van der Waals surface area contributed by atoms with E-state index in [1.807, 2.05) is 0 Å². The summed E-state index contributed by atoms with van der Waals surface area (Å²) in [5.74, 6) is -0.696. The Labute approximate surface area is 98.9 Å². The van der Waals surface area contributed by atoms with E-state index in [1.54, 1.807) is 6.92 Å². The standard InChI is InChI=1S/C10H19F3N2O2/c1-3-17-6-4-5-15(7-10(11,12)13)9(16)8(2)14/h8H,3-7,14H2,1-2H3/t8-/m0/s1. The molecule has 0 spiro atoms. The van der Waals surface area contributed by atoms with Gasteiger partial charge in [-0.2, -0.15) is 13.2 Å². The zero-order valence-corrected chi connectivity index (χ0v) is 10.1. The molecule has 0 fully saturated rings. The lowest BCUT2D eigenvalue weighted by atomic mass is 10.2. The van der Waals surface area contributed by atoms with Crippen LogP contribution < -0.4 is 5.73 Å². The van der Waals surface area contributed by atoms with Crippen LogP contribution in [-0.2, 0) is 9.53 Å². The van der Waals surface area contributed by atoms with Crippen molar-refractivity contribution in [1.29, 1.82) is 0 Å². The number of halogens is 3. The first-order valence-electron chi connectivity index (χ1n) is 5.46. The Morgan fingerprint density at radius 2 is 2.06 bits per heavy atom. The van der Waals surface area contributed by atoms with Gasteiger partial charge in [-0.25, -0.2) is 0 Å². The van der Waals surface area contributed by atoms with Crippen molar-refractivity contribution < 1.29 is 22.7 Å². The Morgan fingerprint density at radius 3 is 2.47 bits per heavy atom. The van der Waals surface area contributed by atoms with E-state index in [1.165, 1.54) is 6.92 Å². The highest BCUT2D eigenvalue weighted by Gasteiger charge is 2.33. The fourth-order valence-corrected chi connectivity index (χ4v) is 1.27. The SMILES string of the molecule is CCOCCCN(CC(F)(F)F)C(=O)[C@H](C)N. The molecule has 0 bridgehead atoms. The first-order valence-corrected chi connectivity index (χ1v) is 5.46. The summed E-state index contributed by atoms with van der Waals surface area (Å²) in [7, 11) is 0. The van der Waals surface area contributed by atoms with Gasteiger partial charge in [0.2, 0.25) is 5.91 Å². The Kier molecular flexibility index (Phi) is 7.13. The second-order valence-electron chi connectivity index (χ2n) is 3.71. The topological polar surface area (TPSA) is 55.6 Å². The summed E-state index contributed by atoms with van der Waals surface area (Å²) in [5.41, 5.74) is 5.30. The summed E-state index contributed by atoms with van der Waals surface area (Å²) in [6.07, 6.45) is -4.04. The van der Waals surface area contributed by atoms with Crippen LogP contribution in [0.25, 0.3) is 0 Å². The molecule has 1 atom stereocenters. The number of carbonyl (C=O) groups excluding carboxylic acids is 1. The predicted octanol–water partition coefficient (Wildman–Crippen LogP) is 1.15. The van der Waals surface area contributed by atoms with Gasteiger partial charge in [0.05, 0.1) is 6.04 Å². The van der Waals surface area contributed by atoms with Gasteiger partial charge in [0.15, 0.2) is 0 Å². The molecule has 0 aromatic carbocycles. The van der Waals surface area contributed by atoms with Crippen molar-refractivity contribution in [3.63, 3.8) is 0 Å². The average Bonchev–Trinajstić information content (AvgIpc) is 2.19. The molecule has 1 amide bonds. The third-order valence-corrected chi connectivity index (χ3v) is 1.99. The van der Waals surface area contributed by atoms with Crippen LogP contribution in [0.2, 0.25) is 0 Å². The molecule has 0 saturated carbocycles. The Balaban J connectivity index is 4.26. The molecule has 0 heterocycles. The van der Waals surface area contributed by atoms with Gasteiger partial charge in [-0.15, -0.1) is 0 Å². The minimum absolute atomic E-state index is 0.000116. The van der Waals surface area contributed by atoms with Crippen LogP contribution in [0.3, 0.4) is 0 Å². The monoisotopic (exact) mass is 256 g/mol. The molecule has 2 N–H and O–H groups in total. The summed E-state index contributed by atoms with van der Waals surface area (Å²) >= 11 is 0.